The minimum Gasteiger partial charge on any atom is -0.462 e. The predicted molar refractivity (Wildman–Crippen MR) is 102 cm³/mol. The van der Waals surface area contributed by atoms with Crippen molar-refractivity contribution in [2.24, 2.45) is 22.7 Å². The van der Waals surface area contributed by atoms with Crippen LogP contribution >= 0.6 is 0 Å². The van der Waals surface area contributed by atoms with E-state index in [1.807, 2.05) is 6.08 Å². The third kappa shape index (κ3) is 4.55. The number of esters is 1. The maximum atomic E-state index is 10.9. The zero-order valence-electron chi connectivity index (χ0n) is 16.9. The van der Waals surface area contributed by atoms with E-state index in [0.29, 0.717) is 18.4 Å². The van der Waals surface area contributed by atoms with Gasteiger partial charge in [-0.15, -0.1) is 0 Å². The van der Waals surface area contributed by atoms with Gasteiger partial charge in [0.05, 0.1) is 6.10 Å². The van der Waals surface area contributed by atoms with E-state index in [9.17, 15) is 9.90 Å². The lowest BCUT2D eigenvalue weighted by molar-refractivity contribution is -0.139. The molecule has 4 atom stereocenters. The van der Waals surface area contributed by atoms with Crippen molar-refractivity contribution in [3.8, 4) is 0 Å². The molecule has 0 unspecified atom stereocenters. The fraction of sp³-hybridized carbons (Fsp3) is 0.773. The molecule has 2 rings (SSSR count). The summed E-state index contributed by atoms with van der Waals surface area (Å²) in [6.07, 6.45) is 9.33. The van der Waals surface area contributed by atoms with Crippen LogP contribution in [0, 0.1) is 22.7 Å². The molecule has 0 radical (unpaired) electrons. The average molecular weight is 349 g/mol. The van der Waals surface area contributed by atoms with Crippen LogP contribution in [0.1, 0.15) is 73.6 Å². The molecule has 0 aromatic carbocycles. The van der Waals surface area contributed by atoms with Crippen molar-refractivity contribution in [3.63, 3.8) is 0 Å². The summed E-state index contributed by atoms with van der Waals surface area (Å²) in [7, 11) is 0. The summed E-state index contributed by atoms with van der Waals surface area (Å²) in [5, 5.41) is 10.5. The molecule has 0 aromatic rings. The highest BCUT2D eigenvalue weighted by molar-refractivity contribution is 5.66. The zero-order valence-corrected chi connectivity index (χ0v) is 16.9. The van der Waals surface area contributed by atoms with Gasteiger partial charge in [-0.1, -0.05) is 38.0 Å². The lowest BCUT2D eigenvalue weighted by Crippen LogP contribution is -2.52. The third-order valence-corrected chi connectivity index (χ3v) is 6.74. The van der Waals surface area contributed by atoms with Crippen LogP contribution in [0.3, 0.4) is 0 Å². The van der Waals surface area contributed by atoms with Gasteiger partial charge in [0.15, 0.2) is 0 Å². The summed E-state index contributed by atoms with van der Waals surface area (Å²) in [5.74, 6) is 0.906. The van der Waals surface area contributed by atoms with E-state index in [0.717, 1.165) is 32.1 Å². The first kappa shape index (κ1) is 20.2. The van der Waals surface area contributed by atoms with Crippen molar-refractivity contribution in [1.82, 2.24) is 0 Å². The molecule has 0 saturated heterocycles. The van der Waals surface area contributed by atoms with Crippen molar-refractivity contribution in [1.29, 1.82) is 0 Å². The highest BCUT2D eigenvalue weighted by Gasteiger charge is 2.53. The summed E-state index contributed by atoms with van der Waals surface area (Å²) >= 11 is 0. The van der Waals surface area contributed by atoms with Crippen LogP contribution in [0.15, 0.2) is 23.3 Å². The molecule has 25 heavy (non-hydrogen) atoms. The maximum absolute atomic E-state index is 10.9. The second kappa shape index (κ2) is 7.65. The molecule has 3 heteroatoms. The normalized spacial score (nSPS) is 34.9. The van der Waals surface area contributed by atoms with Crippen molar-refractivity contribution in [3.05, 3.63) is 23.3 Å². The molecule has 0 aliphatic heterocycles. The van der Waals surface area contributed by atoms with E-state index in [1.54, 1.807) is 0 Å². The van der Waals surface area contributed by atoms with Crippen LogP contribution in [0.4, 0.5) is 0 Å². The topological polar surface area (TPSA) is 46.5 Å². The Morgan fingerprint density at radius 1 is 1.32 bits per heavy atom. The Balaban J connectivity index is 2.11. The number of aliphatic hydroxyl groups is 1. The van der Waals surface area contributed by atoms with Gasteiger partial charge in [-0.05, 0) is 74.7 Å². The number of rotatable bonds is 5. The largest absolute Gasteiger partial charge is 0.462 e. The van der Waals surface area contributed by atoms with Crippen LogP contribution in [0.2, 0.25) is 0 Å². The van der Waals surface area contributed by atoms with Gasteiger partial charge in [0, 0.05) is 6.92 Å². The summed E-state index contributed by atoms with van der Waals surface area (Å²) in [4.78, 5) is 10.9. The summed E-state index contributed by atoms with van der Waals surface area (Å²) in [5.41, 5.74) is 3.10. The number of carbonyl (C=O) groups excluding carboxylic acids is 1. The molecule has 0 bridgehead atoms. The minimum absolute atomic E-state index is 0.163. The van der Waals surface area contributed by atoms with Gasteiger partial charge in [-0.3, -0.25) is 4.79 Å². The number of hydrogen-bond acceptors (Lipinski definition) is 3. The van der Waals surface area contributed by atoms with Gasteiger partial charge in [-0.2, -0.15) is 0 Å². The molecule has 3 nitrogen and oxygen atoms in total. The van der Waals surface area contributed by atoms with Crippen LogP contribution in [0.5, 0.6) is 0 Å². The Morgan fingerprint density at radius 2 is 2.00 bits per heavy atom. The Bertz CT molecular complexity index is 558. The van der Waals surface area contributed by atoms with Crippen molar-refractivity contribution < 1.29 is 14.6 Å². The van der Waals surface area contributed by atoms with Crippen LogP contribution in [0.25, 0.3) is 0 Å². The number of carbonyl (C=O) groups is 1. The van der Waals surface area contributed by atoms with Crippen molar-refractivity contribution in [2.75, 3.05) is 6.61 Å². The van der Waals surface area contributed by atoms with Gasteiger partial charge in [0.1, 0.15) is 6.61 Å². The average Bonchev–Trinajstić information content (AvgIpc) is 2.43. The van der Waals surface area contributed by atoms with Gasteiger partial charge in [-0.25, -0.2) is 0 Å². The van der Waals surface area contributed by atoms with Gasteiger partial charge in [0.2, 0.25) is 0 Å². The quantitative estimate of drug-likeness (QED) is 0.559. The molecule has 1 saturated carbocycles. The van der Waals surface area contributed by atoms with E-state index < -0.39 is 0 Å². The Kier molecular flexibility index (Phi) is 6.19. The summed E-state index contributed by atoms with van der Waals surface area (Å²) in [6, 6.07) is 0. The molecule has 2 aliphatic carbocycles. The number of allylic oxidation sites excluding steroid dienone is 3. The number of hydrogen-bond donors (Lipinski definition) is 1. The van der Waals surface area contributed by atoms with E-state index in [1.165, 1.54) is 18.1 Å². The lowest BCUT2D eigenvalue weighted by Gasteiger charge is -2.58. The van der Waals surface area contributed by atoms with E-state index in [2.05, 4.69) is 40.7 Å². The molecular formula is C22H36O3. The van der Waals surface area contributed by atoms with Crippen molar-refractivity contribution in [2.45, 2.75) is 79.8 Å². The fourth-order valence-corrected chi connectivity index (χ4v) is 5.64. The highest BCUT2D eigenvalue weighted by atomic mass is 16.5. The van der Waals surface area contributed by atoms with Crippen LogP contribution < -0.4 is 0 Å². The number of fused-ring (bicyclic) bond motifs is 1. The Morgan fingerprint density at radius 3 is 2.64 bits per heavy atom. The molecule has 0 aromatic heterocycles. The molecular weight excluding hydrogens is 312 g/mol. The first-order valence-electron chi connectivity index (χ1n) is 9.70. The molecule has 1 fully saturated rings. The fourth-order valence-electron chi connectivity index (χ4n) is 5.64. The second-order valence-electron chi connectivity index (χ2n) is 9.24. The van der Waals surface area contributed by atoms with E-state index >= 15 is 0 Å². The Hall–Kier alpha value is -1.09. The lowest BCUT2D eigenvalue weighted by atomic mass is 9.47. The van der Waals surface area contributed by atoms with E-state index in [-0.39, 0.29) is 22.9 Å². The SMILES string of the molecule is CC(=O)OC/C=C(\C)CC[C@@H]1C(C)=CC[C@@H]2C(C)(C)C[C@@H](O)C[C@@]12C. The highest BCUT2D eigenvalue weighted by Crippen LogP contribution is 2.60. The molecule has 0 spiro atoms. The van der Waals surface area contributed by atoms with Gasteiger partial charge < -0.3 is 9.84 Å². The molecule has 0 amide bonds. The molecule has 2 aliphatic rings. The Labute approximate surface area is 153 Å². The number of ether oxygens (including phenoxy) is 1. The van der Waals surface area contributed by atoms with Crippen molar-refractivity contribution >= 4 is 5.97 Å². The molecule has 1 N–H and O–H groups in total. The van der Waals surface area contributed by atoms with Crippen LogP contribution in [-0.4, -0.2) is 23.8 Å². The van der Waals surface area contributed by atoms with Crippen LogP contribution in [-0.2, 0) is 9.53 Å². The van der Waals surface area contributed by atoms with Gasteiger partial charge >= 0.3 is 5.97 Å². The monoisotopic (exact) mass is 348 g/mol. The predicted octanol–water partition coefficient (Wildman–Crippen LogP) is 5.05. The number of aliphatic hydroxyl groups excluding tert-OH is 1. The minimum atomic E-state index is -0.233. The third-order valence-electron chi connectivity index (χ3n) is 6.74. The summed E-state index contributed by atoms with van der Waals surface area (Å²) < 4.78 is 5.01. The molecule has 142 valence electrons. The maximum Gasteiger partial charge on any atom is 0.302 e. The second-order valence-corrected chi connectivity index (χ2v) is 9.24. The van der Waals surface area contributed by atoms with Gasteiger partial charge in [0.25, 0.3) is 0 Å². The summed E-state index contributed by atoms with van der Waals surface area (Å²) in [6.45, 7) is 13.2. The first-order chi connectivity index (χ1) is 11.6. The smallest absolute Gasteiger partial charge is 0.302 e. The van der Waals surface area contributed by atoms with E-state index in [4.69, 9.17) is 4.74 Å². The standard InChI is InChI=1S/C22H36O3/c1-15(11-12-25-17(3)23)7-9-19-16(2)8-10-20-21(4,5)13-18(24)14-22(19,20)6/h8,11,18-20,24H,7,9-10,12-14H2,1-6H3/b15-11+/t18-,19-,20-,22+/m1/s1. The molecule has 0 heterocycles. The first-order valence-corrected chi connectivity index (χ1v) is 9.70. The zero-order chi connectivity index (χ0) is 18.8.